The van der Waals surface area contributed by atoms with Gasteiger partial charge in [-0.3, -0.25) is 9.59 Å². The molecular formula is C34H37N3O5. The number of hydrogen-bond donors (Lipinski definition) is 3. The van der Waals surface area contributed by atoms with E-state index >= 15 is 0 Å². The average Bonchev–Trinajstić information content (AvgIpc) is 2.93. The van der Waals surface area contributed by atoms with Gasteiger partial charge in [0, 0.05) is 19.2 Å². The number of likely N-dealkylation sites (N-methyl/N-ethyl adjacent to an activating group) is 1. The number of carbonyl (C=O) groups excluding carboxylic acids is 3. The van der Waals surface area contributed by atoms with Crippen LogP contribution in [0.5, 0.6) is 5.75 Å². The Morgan fingerprint density at radius 1 is 0.881 bits per heavy atom. The maximum Gasteiger partial charge on any atom is 0.408 e. The first-order valence-electron chi connectivity index (χ1n) is 13.8. The minimum Gasteiger partial charge on any atom is -0.508 e. The highest BCUT2D eigenvalue weighted by molar-refractivity contribution is 6.00. The lowest BCUT2D eigenvalue weighted by molar-refractivity contribution is -0.139. The van der Waals surface area contributed by atoms with Crippen molar-refractivity contribution in [1.29, 1.82) is 0 Å². The molecule has 0 saturated heterocycles. The Labute approximate surface area is 246 Å². The number of anilines is 1. The summed E-state index contributed by atoms with van der Waals surface area (Å²) in [5.41, 5.74) is 2.04. The standard InChI is InChI=1S/C34H37N3O5/c1-22-10-6-9-13-28(22)30(31(39)35-26-17-16-24-11-7-8-12-25(24)21-26)37(5)32(40)29(36-33(41)42-34(2,3)4)20-23-14-18-27(38)19-15-23/h6-19,21,29-30,38H,20H2,1-5H3,(H,35,39)(H,36,41). The Kier molecular flexibility index (Phi) is 9.15. The second kappa shape index (κ2) is 12.8. The minimum atomic E-state index is -1.05. The summed E-state index contributed by atoms with van der Waals surface area (Å²) in [5, 5.41) is 17.4. The number of fused-ring (bicyclic) bond motifs is 1. The van der Waals surface area contributed by atoms with Gasteiger partial charge >= 0.3 is 6.09 Å². The summed E-state index contributed by atoms with van der Waals surface area (Å²) in [6, 6.07) is 25.2. The van der Waals surface area contributed by atoms with Crippen LogP contribution < -0.4 is 10.6 Å². The van der Waals surface area contributed by atoms with Crippen molar-refractivity contribution in [2.24, 2.45) is 0 Å². The zero-order valence-corrected chi connectivity index (χ0v) is 24.5. The van der Waals surface area contributed by atoms with E-state index in [2.05, 4.69) is 10.6 Å². The molecule has 8 nitrogen and oxygen atoms in total. The van der Waals surface area contributed by atoms with Crippen LogP contribution in [0, 0.1) is 6.92 Å². The summed E-state index contributed by atoms with van der Waals surface area (Å²) in [4.78, 5) is 42.2. The SMILES string of the molecule is Cc1ccccc1C(C(=O)Nc1ccc2ccccc2c1)N(C)C(=O)C(Cc1ccc(O)cc1)NC(=O)OC(C)(C)C. The van der Waals surface area contributed by atoms with Gasteiger partial charge < -0.3 is 25.4 Å². The van der Waals surface area contributed by atoms with E-state index in [1.807, 2.05) is 73.7 Å². The summed E-state index contributed by atoms with van der Waals surface area (Å²) < 4.78 is 5.44. The number of phenolic OH excluding ortho intramolecular Hbond substituents is 1. The average molecular weight is 568 g/mol. The highest BCUT2D eigenvalue weighted by atomic mass is 16.6. The number of hydrogen-bond acceptors (Lipinski definition) is 5. The summed E-state index contributed by atoms with van der Waals surface area (Å²) in [6.45, 7) is 7.10. The van der Waals surface area contributed by atoms with Crippen molar-refractivity contribution >= 4 is 34.4 Å². The molecule has 3 N–H and O–H groups in total. The number of rotatable bonds is 8. The quantitative estimate of drug-likeness (QED) is 0.238. The molecule has 0 radical (unpaired) electrons. The second-order valence-corrected chi connectivity index (χ2v) is 11.3. The van der Waals surface area contributed by atoms with Crippen molar-refractivity contribution in [2.75, 3.05) is 12.4 Å². The van der Waals surface area contributed by atoms with E-state index in [0.29, 0.717) is 16.8 Å². The van der Waals surface area contributed by atoms with E-state index in [-0.39, 0.29) is 12.2 Å². The normalized spacial score (nSPS) is 12.7. The van der Waals surface area contributed by atoms with Crippen LogP contribution in [-0.2, 0) is 20.7 Å². The Hall–Kier alpha value is -4.85. The molecule has 4 aromatic carbocycles. The molecular weight excluding hydrogens is 530 g/mol. The van der Waals surface area contributed by atoms with Crippen LogP contribution in [-0.4, -0.2) is 46.6 Å². The molecule has 0 bridgehead atoms. The first-order valence-corrected chi connectivity index (χ1v) is 13.8. The second-order valence-electron chi connectivity index (χ2n) is 11.3. The van der Waals surface area contributed by atoms with Crippen LogP contribution in [0.2, 0.25) is 0 Å². The van der Waals surface area contributed by atoms with Crippen molar-refractivity contribution in [1.82, 2.24) is 10.2 Å². The largest absolute Gasteiger partial charge is 0.508 e. The van der Waals surface area contributed by atoms with Crippen LogP contribution in [0.1, 0.15) is 43.5 Å². The number of aryl methyl sites for hydroxylation is 1. The first kappa shape index (κ1) is 30.1. The number of amides is 3. The van der Waals surface area contributed by atoms with Gasteiger partial charge in [-0.05, 0) is 79.4 Å². The fourth-order valence-corrected chi connectivity index (χ4v) is 4.79. The zero-order chi connectivity index (χ0) is 30.4. The van der Waals surface area contributed by atoms with Gasteiger partial charge in [0.1, 0.15) is 23.4 Å². The molecule has 4 rings (SSSR count). The van der Waals surface area contributed by atoms with Crippen LogP contribution in [0.3, 0.4) is 0 Å². The number of nitrogens with one attached hydrogen (secondary N) is 2. The molecule has 0 aromatic heterocycles. The van der Waals surface area contributed by atoms with E-state index < -0.39 is 35.6 Å². The number of alkyl carbamates (subject to hydrolysis) is 1. The summed E-state index contributed by atoms with van der Waals surface area (Å²) >= 11 is 0. The predicted octanol–water partition coefficient (Wildman–Crippen LogP) is 6.13. The summed E-state index contributed by atoms with van der Waals surface area (Å²) in [7, 11) is 1.56. The molecule has 3 amide bonds. The zero-order valence-electron chi connectivity index (χ0n) is 24.5. The molecule has 4 aromatic rings. The lowest BCUT2D eigenvalue weighted by Gasteiger charge is -2.32. The Morgan fingerprint density at radius 2 is 1.52 bits per heavy atom. The van der Waals surface area contributed by atoms with Crippen LogP contribution >= 0.6 is 0 Å². The fraction of sp³-hybridized carbons (Fsp3) is 0.265. The lowest BCUT2D eigenvalue weighted by atomic mass is 9.97. The van der Waals surface area contributed by atoms with Crippen LogP contribution in [0.4, 0.5) is 10.5 Å². The predicted molar refractivity (Wildman–Crippen MR) is 164 cm³/mol. The van der Waals surface area contributed by atoms with E-state index in [1.165, 1.54) is 17.0 Å². The fourth-order valence-electron chi connectivity index (χ4n) is 4.79. The Balaban J connectivity index is 1.66. The number of nitrogens with zero attached hydrogens (tertiary/aromatic N) is 1. The minimum absolute atomic E-state index is 0.0869. The topological polar surface area (TPSA) is 108 Å². The van der Waals surface area contributed by atoms with Gasteiger partial charge in [0.25, 0.3) is 5.91 Å². The molecule has 42 heavy (non-hydrogen) atoms. The number of carbonyl (C=O) groups is 3. The van der Waals surface area contributed by atoms with Crippen LogP contribution in [0.25, 0.3) is 10.8 Å². The van der Waals surface area contributed by atoms with Crippen molar-refractivity contribution in [3.8, 4) is 5.75 Å². The molecule has 0 aliphatic rings. The molecule has 2 unspecified atom stereocenters. The molecule has 0 spiro atoms. The van der Waals surface area contributed by atoms with Crippen molar-refractivity contribution in [3.05, 3.63) is 108 Å². The van der Waals surface area contributed by atoms with E-state index in [4.69, 9.17) is 4.74 Å². The van der Waals surface area contributed by atoms with E-state index in [1.54, 1.807) is 40.0 Å². The summed E-state index contributed by atoms with van der Waals surface area (Å²) in [5.74, 6) is -0.782. The molecule has 0 heterocycles. The monoisotopic (exact) mass is 567 g/mol. The molecule has 8 heteroatoms. The lowest BCUT2D eigenvalue weighted by Crippen LogP contribution is -2.52. The Bertz CT molecular complexity index is 1580. The molecule has 0 saturated carbocycles. The van der Waals surface area contributed by atoms with Gasteiger partial charge in [0.05, 0.1) is 0 Å². The van der Waals surface area contributed by atoms with Crippen molar-refractivity contribution < 1.29 is 24.2 Å². The van der Waals surface area contributed by atoms with E-state index in [0.717, 1.165) is 16.3 Å². The maximum absolute atomic E-state index is 14.1. The third-order valence-electron chi connectivity index (χ3n) is 6.85. The van der Waals surface area contributed by atoms with Gasteiger partial charge in [0.15, 0.2) is 0 Å². The molecule has 0 fully saturated rings. The summed E-state index contributed by atoms with van der Waals surface area (Å²) in [6.07, 6.45) is -0.628. The molecule has 0 aliphatic heterocycles. The highest BCUT2D eigenvalue weighted by Crippen LogP contribution is 2.27. The maximum atomic E-state index is 14.1. The van der Waals surface area contributed by atoms with Crippen molar-refractivity contribution in [2.45, 2.75) is 51.8 Å². The van der Waals surface area contributed by atoms with Gasteiger partial charge in [-0.15, -0.1) is 0 Å². The Morgan fingerprint density at radius 3 is 2.19 bits per heavy atom. The van der Waals surface area contributed by atoms with Gasteiger partial charge in [-0.2, -0.15) is 0 Å². The smallest absolute Gasteiger partial charge is 0.408 e. The molecule has 218 valence electrons. The van der Waals surface area contributed by atoms with Crippen LogP contribution in [0.15, 0.2) is 91.0 Å². The number of ether oxygens (including phenoxy) is 1. The number of phenols is 1. The first-order chi connectivity index (χ1) is 19.9. The third-order valence-corrected chi connectivity index (χ3v) is 6.85. The van der Waals surface area contributed by atoms with E-state index in [9.17, 15) is 19.5 Å². The van der Waals surface area contributed by atoms with Gasteiger partial charge in [-0.25, -0.2) is 4.79 Å². The molecule has 2 atom stereocenters. The molecule has 0 aliphatic carbocycles. The van der Waals surface area contributed by atoms with Gasteiger partial charge in [0.2, 0.25) is 5.91 Å². The third kappa shape index (κ3) is 7.66. The van der Waals surface area contributed by atoms with Crippen molar-refractivity contribution in [3.63, 3.8) is 0 Å². The van der Waals surface area contributed by atoms with Gasteiger partial charge in [-0.1, -0.05) is 66.7 Å². The highest BCUT2D eigenvalue weighted by Gasteiger charge is 2.35. The number of benzene rings is 4. The number of aromatic hydroxyl groups is 1.